The van der Waals surface area contributed by atoms with Crippen molar-refractivity contribution in [3.63, 3.8) is 0 Å². The Balaban J connectivity index is 1.61. The zero-order valence-corrected chi connectivity index (χ0v) is 15.5. The molecule has 2 aromatic heterocycles. The van der Waals surface area contributed by atoms with Crippen molar-refractivity contribution < 1.29 is 13.6 Å². The summed E-state index contributed by atoms with van der Waals surface area (Å²) in [7, 11) is 0. The molecule has 0 bridgehead atoms. The Hall–Kier alpha value is -3.93. The predicted molar refractivity (Wildman–Crippen MR) is 109 cm³/mol. The van der Waals surface area contributed by atoms with Gasteiger partial charge in [0.05, 0.1) is 24.2 Å². The summed E-state index contributed by atoms with van der Waals surface area (Å²) in [6, 6.07) is 19.3. The van der Waals surface area contributed by atoms with Crippen LogP contribution in [0.25, 0.3) is 23.0 Å². The predicted octanol–water partition coefficient (Wildman–Crippen LogP) is 4.60. The Labute approximate surface area is 167 Å². The number of rotatable bonds is 6. The fraction of sp³-hybridized carbons (Fsp3) is 0.0435. The molecule has 0 aliphatic carbocycles. The summed E-state index contributed by atoms with van der Waals surface area (Å²) >= 11 is 0. The second-order valence-electron chi connectivity index (χ2n) is 6.35. The maximum absolute atomic E-state index is 13.3. The lowest BCUT2D eigenvalue weighted by molar-refractivity contribution is -0.116. The van der Waals surface area contributed by atoms with Crippen LogP contribution in [0.3, 0.4) is 0 Å². The summed E-state index contributed by atoms with van der Waals surface area (Å²) in [6.45, 7) is 0.310. The van der Waals surface area contributed by atoms with Crippen molar-refractivity contribution in [3.05, 3.63) is 102 Å². The first-order chi connectivity index (χ1) is 14.2. The Kier molecular flexibility index (Phi) is 5.33. The molecular weight excluding hydrogens is 369 g/mol. The minimum Gasteiger partial charge on any atom is -0.467 e. The summed E-state index contributed by atoms with van der Waals surface area (Å²) in [5.74, 6) is 0.111. The third kappa shape index (κ3) is 4.50. The van der Waals surface area contributed by atoms with Gasteiger partial charge in [0.1, 0.15) is 11.6 Å². The third-order valence-electron chi connectivity index (χ3n) is 4.31. The zero-order valence-electron chi connectivity index (χ0n) is 15.5. The summed E-state index contributed by atoms with van der Waals surface area (Å²) < 4.78 is 20.3. The molecule has 0 saturated heterocycles. The van der Waals surface area contributed by atoms with Crippen molar-refractivity contribution in [2.75, 3.05) is 0 Å². The highest BCUT2D eigenvalue weighted by Gasteiger charge is 2.11. The topological polar surface area (TPSA) is 60.1 Å². The molecule has 144 valence electrons. The number of benzene rings is 2. The molecule has 1 N–H and O–H groups in total. The van der Waals surface area contributed by atoms with Gasteiger partial charge in [-0.2, -0.15) is 5.10 Å². The monoisotopic (exact) mass is 387 g/mol. The van der Waals surface area contributed by atoms with E-state index in [0.717, 1.165) is 16.8 Å². The molecule has 6 heteroatoms. The standard InChI is InChI=1S/C23H18FN3O2/c24-19-11-8-17(9-12-19)23-18(16-27(26-23)20-5-2-1-3-6-20)10-13-22(28)25-15-21-7-4-14-29-21/h1-14,16H,15H2,(H,25,28)/b13-10+. The van der Waals surface area contributed by atoms with Gasteiger partial charge in [0.25, 0.3) is 0 Å². The molecular formula is C23H18FN3O2. The fourth-order valence-corrected chi connectivity index (χ4v) is 2.87. The summed E-state index contributed by atoms with van der Waals surface area (Å²) in [6.07, 6.45) is 6.54. The van der Waals surface area contributed by atoms with E-state index in [9.17, 15) is 9.18 Å². The van der Waals surface area contributed by atoms with E-state index in [0.29, 0.717) is 18.0 Å². The number of furan rings is 1. The van der Waals surface area contributed by atoms with Crippen molar-refractivity contribution in [2.24, 2.45) is 0 Å². The van der Waals surface area contributed by atoms with Crippen LogP contribution in [-0.2, 0) is 11.3 Å². The number of nitrogens with zero attached hydrogens (tertiary/aromatic N) is 2. The van der Waals surface area contributed by atoms with Crippen LogP contribution >= 0.6 is 0 Å². The molecule has 0 aliphatic heterocycles. The average Bonchev–Trinajstić information content (AvgIpc) is 3.42. The van der Waals surface area contributed by atoms with Crippen molar-refractivity contribution in [2.45, 2.75) is 6.54 Å². The van der Waals surface area contributed by atoms with Crippen LogP contribution in [0.1, 0.15) is 11.3 Å². The first kappa shape index (κ1) is 18.4. The molecule has 0 aliphatic rings. The van der Waals surface area contributed by atoms with Crippen molar-refractivity contribution in [3.8, 4) is 16.9 Å². The van der Waals surface area contributed by atoms with E-state index in [1.165, 1.54) is 18.2 Å². The van der Waals surface area contributed by atoms with Crippen LogP contribution in [0.2, 0.25) is 0 Å². The van der Waals surface area contributed by atoms with Crippen LogP contribution in [0.4, 0.5) is 4.39 Å². The molecule has 0 atom stereocenters. The van der Waals surface area contributed by atoms with E-state index < -0.39 is 0 Å². The molecule has 29 heavy (non-hydrogen) atoms. The number of halogens is 1. The Morgan fingerprint density at radius 2 is 1.86 bits per heavy atom. The minimum absolute atomic E-state index is 0.251. The molecule has 0 unspecified atom stereocenters. The van der Waals surface area contributed by atoms with Crippen LogP contribution in [0.5, 0.6) is 0 Å². The highest BCUT2D eigenvalue weighted by atomic mass is 19.1. The first-order valence-electron chi connectivity index (χ1n) is 9.08. The van der Waals surface area contributed by atoms with Gasteiger partial charge in [-0.3, -0.25) is 4.79 Å². The molecule has 2 heterocycles. The SMILES string of the molecule is O=C(/C=C/c1cn(-c2ccccc2)nc1-c1ccc(F)cc1)NCc1ccco1. The molecule has 0 radical (unpaired) electrons. The lowest BCUT2D eigenvalue weighted by atomic mass is 10.1. The number of nitrogens with one attached hydrogen (secondary N) is 1. The van der Waals surface area contributed by atoms with Crippen LogP contribution < -0.4 is 5.32 Å². The number of carbonyl (C=O) groups is 1. The van der Waals surface area contributed by atoms with Crippen LogP contribution in [-0.4, -0.2) is 15.7 Å². The molecule has 4 rings (SSSR count). The smallest absolute Gasteiger partial charge is 0.244 e. The van der Waals surface area contributed by atoms with Gasteiger partial charge in [0.2, 0.25) is 5.91 Å². The van der Waals surface area contributed by atoms with E-state index in [1.54, 1.807) is 41.3 Å². The number of hydrogen-bond donors (Lipinski definition) is 1. The maximum atomic E-state index is 13.3. The third-order valence-corrected chi connectivity index (χ3v) is 4.31. The highest BCUT2D eigenvalue weighted by Crippen LogP contribution is 2.25. The molecule has 5 nitrogen and oxygen atoms in total. The number of carbonyl (C=O) groups excluding carboxylic acids is 1. The number of amides is 1. The van der Waals surface area contributed by atoms with Crippen molar-refractivity contribution >= 4 is 12.0 Å². The van der Waals surface area contributed by atoms with Crippen LogP contribution in [0.15, 0.2) is 89.7 Å². The van der Waals surface area contributed by atoms with E-state index in [2.05, 4.69) is 10.4 Å². The first-order valence-corrected chi connectivity index (χ1v) is 9.08. The molecule has 4 aromatic rings. The minimum atomic E-state index is -0.314. The molecule has 2 aromatic carbocycles. The van der Waals surface area contributed by atoms with Gasteiger partial charge < -0.3 is 9.73 Å². The molecule has 0 spiro atoms. The summed E-state index contributed by atoms with van der Waals surface area (Å²) in [5.41, 5.74) is 3.05. The number of para-hydroxylation sites is 1. The Morgan fingerprint density at radius 1 is 1.07 bits per heavy atom. The van der Waals surface area contributed by atoms with Gasteiger partial charge in [-0.1, -0.05) is 18.2 Å². The van der Waals surface area contributed by atoms with Crippen molar-refractivity contribution in [1.82, 2.24) is 15.1 Å². The normalized spacial score (nSPS) is 11.1. The second kappa shape index (κ2) is 8.39. The highest BCUT2D eigenvalue weighted by molar-refractivity contribution is 5.92. The van der Waals surface area contributed by atoms with E-state index >= 15 is 0 Å². The number of hydrogen-bond acceptors (Lipinski definition) is 3. The summed E-state index contributed by atoms with van der Waals surface area (Å²) in [5, 5.41) is 7.41. The Bertz CT molecular complexity index is 1110. The van der Waals surface area contributed by atoms with E-state index in [-0.39, 0.29) is 11.7 Å². The largest absolute Gasteiger partial charge is 0.467 e. The summed E-state index contributed by atoms with van der Waals surface area (Å²) in [4.78, 5) is 12.2. The number of aromatic nitrogens is 2. The van der Waals surface area contributed by atoms with Gasteiger partial charge in [0.15, 0.2) is 0 Å². The quantitative estimate of drug-likeness (QED) is 0.492. The second-order valence-corrected chi connectivity index (χ2v) is 6.35. The Morgan fingerprint density at radius 3 is 2.59 bits per heavy atom. The van der Waals surface area contributed by atoms with Gasteiger partial charge in [-0.25, -0.2) is 9.07 Å². The lowest BCUT2D eigenvalue weighted by Gasteiger charge is -2.00. The van der Waals surface area contributed by atoms with Gasteiger partial charge in [-0.15, -0.1) is 0 Å². The maximum Gasteiger partial charge on any atom is 0.244 e. The van der Waals surface area contributed by atoms with Gasteiger partial charge >= 0.3 is 0 Å². The van der Waals surface area contributed by atoms with Crippen molar-refractivity contribution in [1.29, 1.82) is 0 Å². The lowest BCUT2D eigenvalue weighted by Crippen LogP contribution is -2.19. The van der Waals surface area contributed by atoms with Gasteiger partial charge in [0, 0.05) is 23.4 Å². The zero-order chi connectivity index (χ0) is 20.1. The van der Waals surface area contributed by atoms with Gasteiger partial charge in [-0.05, 0) is 54.6 Å². The molecule has 0 saturated carbocycles. The average molecular weight is 387 g/mol. The molecule has 0 fully saturated rings. The van der Waals surface area contributed by atoms with E-state index in [4.69, 9.17) is 4.42 Å². The molecule has 1 amide bonds. The fourth-order valence-electron chi connectivity index (χ4n) is 2.87. The van der Waals surface area contributed by atoms with E-state index in [1.807, 2.05) is 36.5 Å². The van der Waals surface area contributed by atoms with Crippen LogP contribution in [0, 0.1) is 5.82 Å².